The Morgan fingerprint density at radius 2 is 1.59 bits per heavy atom. The maximum atomic E-state index is 12.8. The zero-order valence-electron chi connectivity index (χ0n) is 17.6. The van der Waals surface area contributed by atoms with Gasteiger partial charge in [-0.2, -0.15) is 0 Å². The second-order valence-electron chi connectivity index (χ2n) is 7.40. The molecule has 0 saturated heterocycles. The van der Waals surface area contributed by atoms with Crippen LogP contribution in [0.1, 0.15) is 0 Å². The van der Waals surface area contributed by atoms with Crippen molar-refractivity contribution < 1.29 is 12.7 Å². The Hall–Kier alpha value is -4.01. The Morgan fingerprint density at radius 1 is 0.794 bits per heavy atom. The molecule has 5 rings (SSSR count). The van der Waals surface area contributed by atoms with Crippen molar-refractivity contribution in [3.05, 3.63) is 97.6 Å². The molecule has 9 heteroatoms. The summed E-state index contributed by atoms with van der Waals surface area (Å²) in [7, 11) is -3.87. The molecule has 0 amide bonds. The summed E-state index contributed by atoms with van der Waals surface area (Å²) in [6.45, 7) is 0. The smallest absolute Gasteiger partial charge is 0.262 e. The topological polar surface area (TPSA) is 94.1 Å². The van der Waals surface area contributed by atoms with Gasteiger partial charge in [0.2, 0.25) is 0 Å². The summed E-state index contributed by atoms with van der Waals surface area (Å²) in [4.78, 5) is 12.9. The molecule has 0 aliphatic heterocycles. The van der Waals surface area contributed by atoms with E-state index >= 15 is 0 Å². The van der Waals surface area contributed by atoms with E-state index in [9.17, 15) is 8.42 Å². The van der Waals surface area contributed by atoms with E-state index in [4.69, 9.17) is 16.2 Å². The Kier molecular flexibility index (Phi) is 5.83. The number of hydrogen-bond donors (Lipinski definition) is 1. The summed E-state index contributed by atoms with van der Waals surface area (Å²) >= 11 is 5.56. The van der Waals surface area contributed by atoms with E-state index in [1.165, 1.54) is 12.1 Å². The summed E-state index contributed by atoms with van der Waals surface area (Å²) in [5.41, 5.74) is 4.47. The van der Waals surface area contributed by atoms with Crippen LogP contribution in [0.3, 0.4) is 0 Å². The number of anilines is 1. The number of fused-ring (bicyclic) bond motifs is 1. The number of aromatic nitrogens is 3. The number of nitrogens with one attached hydrogen (secondary N) is 1. The van der Waals surface area contributed by atoms with Crippen LogP contribution in [0.15, 0.2) is 102 Å². The molecule has 0 unspecified atom stereocenters. The van der Waals surface area contributed by atoms with Gasteiger partial charge in [-0.05, 0) is 65.2 Å². The van der Waals surface area contributed by atoms with Gasteiger partial charge < -0.3 is 4.29 Å². The highest BCUT2D eigenvalue weighted by molar-refractivity contribution is 7.92. The number of sulfonamides is 1. The minimum Gasteiger partial charge on any atom is -0.362 e. The normalized spacial score (nSPS) is 11.3. The average Bonchev–Trinajstić information content (AvgIpc) is 2.89. The molecule has 0 aliphatic carbocycles. The Labute approximate surface area is 201 Å². The van der Waals surface area contributed by atoms with E-state index in [-0.39, 0.29) is 16.5 Å². The minimum atomic E-state index is -3.87. The van der Waals surface area contributed by atoms with Gasteiger partial charge in [-0.15, -0.1) is 0 Å². The summed E-state index contributed by atoms with van der Waals surface area (Å²) in [6.07, 6.45) is 6.82. The first-order chi connectivity index (χ1) is 16.5. The van der Waals surface area contributed by atoms with Crippen LogP contribution < -0.4 is 9.01 Å². The zero-order valence-corrected chi connectivity index (χ0v) is 19.2. The Morgan fingerprint density at radius 3 is 2.35 bits per heavy atom. The van der Waals surface area contributed by atoms with Crippen molar-refractivity contribution in [1.82, 2.24) is 15.0 Å². The van der Waals surface area contributed by atoms with E-state index < -0.39 is 10.0 Å². The van der Waals surface area contributed by atoms with Gasteiger partial charge >= 0.3 is 0 Å². The molecule has 1 N–H and O–H groups in total. The molecular formula is C25H17ClN4O3S. The molecule has 0 atom stereocenters. The van der Waals surface area contributed by atoms with Crippen molar-refractivity contribution in [3.63, 3.8) is 0 Å². The Bertz CT molecular complexity index is 1580. The first-order valence-corrected chi connectivity index (χ1v) is 12.0. The standard InChI is InChI=1S/C25H17ClN4O3S/c26-33-25-24(30-34(31,32)20-4-2-1-3-5-20)15-19(16-29-25)18-6-7-23-22(14-18)21(10-13-28-23)17-8-11-27-12-9-17/h1-16,30H. The van der Waals surface area contributed by atoms with Gasteiger partial charge in [0.05, 0.1) is 10.4 Å². The molecule has 3 aromatic heterocycles. The van der Waals surface area contributed by atoms with Gasteiger partial charge in [-0.3, -0.25) is 14.7 Å². The van der Waals surface area contributed by atoms with Crippen molar-refractivity contribution in [1.29, 1.82) is 0 Å². The second kappa shape index (κ2) is 9.09. The van der Waals surface area contributed by atoms with Crippen LogP contribution >= 0.6 is 11.9 Å². The fourth-order valence-corrected chi connectivity index (χ4v) is 4.85. The predicted molar refractivity (Wildman–Crippen MR) is 132 cm³/mol. The Balaban J connectivity index is 1.59. The first kappa shape index (κ1) is 21.8. The van der Waals surface area contributed by atoms with Crippen LogP contribution in [-0.4, -0.2) is 23.4 Å². The number of benzene rings is 2. The molecule has 168 valence electrons. The highest BCUT2D eigenvalue weighted by Crippen LogP contribution is 2.34. The summed E-state index contributed by atoms with van der Waals surface area (Å²) in [5, 5.41) is 0.940. The average molecular weight is 489 g/mol. The highest BCUT2D eigenvalue weighted by atomic mass is 35.5. The van der Waals surface area contributed by atoms with Crippen molar-refractivity contribution in [2.75, 3.05) is 4.72 Å². The van der Waals surface area contributed by atoms with Gasteiger partial charge in [0, 0.05) is 35.7 Å². The molecule has 0 radical (unpaired) electrons. The van der Waals surface area contributed by atoms with Crippen molar-refractivity contribution in [2.45, 2.75) is 4.90 Å². The van der Waals surface area contributed by atoms with E-state index in [1.54, 1.807) is 49.1 Å². The maximum Gasteiger partial charge on any atom is 0.262 e. The van der Waals surface area contributed by atoms with Crippen LogP contribution in [0.4, 0.5) is 5.69 Å². The lowest BCUT2D eigenvalue weighted by Crippen LogP contribution is -2.13. The third-order valence-corrected chi connectivity index (χ3v) is 6.82. The van der Waals surface area contributed by atoms with E-state index in [0.717, 1.165) is 27.6 Å². The number of rotatable bonds is 6. The molecule has 3 heterocycles. The lowest BCUT2D eigenvalue weighted by molar-refractivity contribution is 0.589. The quantitative estimate of drug-likeness (QED) is 0.330. The lowest BCUT2D eigenvalue weighted by atomic mass is 9.98. The fourth-order valence-electron chi connectivity index (χ4n) is 3.66. The third-order valence-electron chi connectivity index (χ3n) is 5.29. The monoisotopic (exact) mass is 488 g/mol. The molecule has 5 aromatic rings. The predicted octanol–water partition coefficient (Wildman–Crippen LogP) is 5.69. The number of pyridine rings is 3. The molecule has 0 spiro atoms. The summed E-state index contributed by atoms with van der Waals surface area (Å²) in [6, 6.07) is 21.3. The molecular weight excluding hydrogens is 472 g/mol. The molecule has 0 fully saturated rings. The van der Waals surface area contributed by atoms with Crippen LogP contribution in [0.25, 0.3) is 33.2 Å². The third kappa shape index (κ3) is 4.28. The first-order valence-electron chi connectivity index (χ1n) is 10.2. The van der Waals surface area contributed by atoms with Gasteiger partial charge in [-0.25, -0.2) is 13.4 Å². The van der Waals surface area contributed by atoms with Crippen molar-refractivity contribution in [2.24, 2.45) is 0 Å². The largest absolute Gasteiger partial charge is 0.362 e. The second-order valence-corrected chi connectivity index (χ2v) is 9.24. The van der Waals surface area contributed by atoms with E-state index in [0.29, 0.717) is 5.56 Å². The molecule has 7 nitrogen and oxygen atoms in total. The van der Waals surface area contributed by atoms with Crippen LogP contribution in [0.5, 0.6) is 5.88 Å². The fraction of sp³-hybridized carbons (Fsp3) is 0. The number of nitrogens with zero attached hydrogens (tertiary/aromatic N) is 3. The number of hydrogen-bond acceptors (Lipinski definition) is 6. The van der Waals surface area contributed by atoms with Crippen LogP contribution in [0, 0.1) is 0 Å². The molecule has 2 aromatic carbocycles. The van der Waals surface area contributed by atoms with Gasteiger partial charge in [0.15, 0.2) is 0 Å². The van der Waals surface area contributed by atoms with Crippen molar-refractivity contribution >= 4 is 38.5 Å². The van der Waals surface area contributed by atoms with Gasteiger partial charge in [0.25, 0.3) is 15.9 Å². The molecule has 0 saturated carbocycles. The van der Waals surface area contributed by atoms with Gasteiger partial charge in [-0.1, -0.05) is 24.3 Å². The maximum absolute atomic E-state index is 12.8. The summed E-state index contributed by atoms with van der Waals surface area (Å²) in [5.74, 6) is -0.0511. The lowest BCUT2D eigenvalue weighted by Gasteiger charge is -2.13. The summed E-state index contributed by atoms with van der Waals surface area (Å²) < 4.78 is 33.0. The van der Waals surface area contributed by atoms with E-state index in [1.807, 2.05) is 36.4 Å². The van der Waals surface area contributed by atoms with Crippen molar-refractivity contribution in [3.8, 4) is 28.1 Å². The van der Waals surface area contributed by atoms with Gasteiger partial charge in [0.1, 0.15) is 17.6 Å². The van der Waals surface area contributed by atoms with Crippen LogP contribution in [-0.2, 0) is 10.0 Å². The SMILES string of the molecule is O=S(=O)(Nc1cc(-c2ccc3nccc(-c4ccncc4)c3c2)cnc1OCl)c1ccccc1. The minimum absolute atomic E-state index is 0.0511. The highest BCUT2D eigenvalue weighted by Gasteiger charge is 2.18. The van der Waals surface area contributed by atoms with E-state index in [2.05, 4.69) is 19.7 Å². The molecule has 34 heavy (non-hydrogen) atoms. The molecule has 0 bridgehead atoms. The number of halogens is 1. The molecule has 0 aliphatic rings. The zero-order chi connectivity index (χ0) is 23.5. The van der Waals surface area contributed by atoms with Crippen LogP contribution in [0.2, 0.25) is 0 Å².